The van der Waals surface area contributed by atoms with Crippen molar-refractivity contribution < 1.29 is 9.53 Å². The van der Waals surface area contributed by atoms with Crippen LogP contribution in [0.3, 0.4) is 0 Å². The Bertz CT molecular complexity index is 543. The van der Waals surface area contributed by atoms with Gasteiger partial charge in [-0.1, -0.05) is 36.2 Å². The summed E-state index contributed by atoms with van der Waals surface area (Å²) in [6.45, 7) is 9.56. The van der Waals surface area contributed by atoms with Crippen LogP contribution in [0.15, 0.2) is 18.2 Å². The Balaban J connectivity index is 1.66. The summed E-state index contributed by atoms with van der Waals surface area (Å²) in [6.07, 6.45) is 0.953. The number of rotatable bonds is 8. The summed E-state index contributed by atoms with van der Waals surface area (Å²) in [5.74, 6) is 0.658. The third-order valence-electron chi connectivity index (χ3n) is 4.42. The molecule has 1 aliphatic heterocycles. The van der Waals surface area contributed by atoms with Gasteiger partial charge in [0.05, 0.1) is 16.6 Å². The Morgan fingerprint density at radius 2 is 1.80 bits per heavy atom. The third-order valence-corrected chi connectivity index (χ3v) is 5.02. The second kappa shape index (κ2) is 10.2. The van der Waals surface area contributed by atoms with Crippen molar-refractivity contribution >= 4 is 29.1 Å². The summed E-state index contributed by atoms with van der Waals surface area (Å²) >= 11 is 12.2. The molecular weight excluding hydrogens is 361 g/mol. The Morgan fingerprint density at radius 1 is 1.20 bits per heavy atom. The quantitative estimate of drug-likeness (QED) is 0.744. The lowest BCUT2D eigenvalue weighted by atomic mass is 10.2. The van der Waals surface area contributed by atoms with Gasteiger partial charge in [0.2, 0.25) is 5.91 Å². The van der Waals surface area contributed by atoms with Crippen LogP contribution >= 0.6 is 23.2 Å². The van der Waals surface area contributed by atoms with Gasteiger partial charge in [-0.3, -0.25) is 14.6 Å². The molecule has 1 amide bonds. The van der Waals surface area contributed by atoms with Crippen molar-refractivity contribution in [2.75, 3.05) is 45.9 Å². The molecule has 1 atom stereocenters. The molecule has 0 aliphatic carbocycles. The van der Waals surface area contributed by atoms with E-state index in [-0.39, 0.29) is 11.9 Å². The molecule has 1 aliphatic rings. The molecule has 1 saturated heterocycles. The first-order valence-electron chi connectivity index (χ1n) is 8.80. The van der Waals surface area contributed by atoms with Crippen LogP contribution in [0.25, 0.3) is 0 Å². The molecule has 0 radical (unpaired) electrons. The number of hydrogen-bond donors (Lipinski definition) is 1. The molecule has 0 aromatic heterocycles. The first kappa shape index (κ1) is 20.3. The van der Waals surface area contributed by atoms with E-state index in [1.807, 2.05) is 6.92 Å². The highest BCUT2D eigenvalue weighted by atomic mass is 35.5. The van der Waals surface area contributed by atoms with Crippen LogP contribution in [-0.4, -0.2) is 67.6 Å². The van der Waals surface area contributed by atoms with Crippen molar-refractivity contribution in [3.05, 3.63) is 28.2 Å². The Morgan fingerprint density at radius 3 is 2.40 bits per heavy atom. The van der Waals surface area contributed by atoms with Crippen molar-refractivity contribution in [1.82, 2.24) is 15.1 Å². The zero-order valence-electron chi connectivity index (χ0n) is 14.9. The molecule has 1 aromatic rings. The number of carbonyl (C=O) groups excluding carboxylic acids is 1. The monoisotopic (exact) mass is 387 g/mol. The molecule has 2 rings (SSSR count). The third kappa shape index (κ3) is 6.66. The van der Waals surface area contributed by atoms with Crippen molar-refractivity contribution in [3.63, 3.8) is 0 Å². The number of halogens is 2. The highest BCUT2D eigenvalue weighted by Gasteiger charge is 2.19. The summed E-state index contributed by atoms with van der Waals surface area (Å²) in [4.78, 5) is 16.5. The molecule has 1 fully saturated rings. The number of para-hydroxylation sites is 1. The van der Waals surface area contributed by atoms with Gasteiger partial charge in [0.1, 0.15) is 6.61 Å². The maximum Gasteiger partial charge on any atom is 0.234 e. The van der Waals surface area contributed by atoms with E-state index in [1.165, 1.54) is 0 Å². The van der Waals surface area contributed by atoms with Crippen molar-refractivity contribution in [2.45, 2.75) is 26.3 Å². The fourth-order valence-electron chi connectivity index (χ4n) is 2.69. The second-order valence-electron chi connectivity index (χ2n) is 6.39. The predicted octanol–water partition coefficient (Wildman–Crippen LogP) is 2.90. The van der Waals surface area contributed by atoms with E-state index in [1.54, 1.807) is 18.2 Å². The van der Waals surface area contributed by atoms with E-state index in [0.29, 0.717) is 28.9 Å². The van der Waals surface area contributed by atoms with Crippen molar-refractivity contribution in [3.8, 4) is 5.75 Å². The highest BCUT2D eigenvalue weighted by molar-refractivity contribution is 6.37. The Hall–Kier alpha value is -1.01. The second-order valence-corrected chi connectivity index (χ2v) is 7.21. The first-order valence-corrected chi connectivity index (χ1v) is 9.56. The van der Waals surface area contributed by atoms with Crippen LogP contribution in [0, 0.1) is 0 Å². The molecule has 0 bridgehead atoms. The lowest BCUT2D eigenvalue weighted by molar-refractivity contribution is -0.123. The van der Waals surface area contributed by atoms with Gasteiger partial charge in [-0.15, -0.1) is 0 Å². The summed E-state index contributed by atoms with van der Waals surface area (Å²) in [7, 11) is 0. The summed E-state index contributed by atoms with van der Waals surface area (Å²) in [5.41, 5.74) is 0. The summed E-state index contributed by atoms with van der Waals surface area (Å²) in [5, 5.41) is 4.08. The predicted molar refractivity (Wildman–Crippen MR) is 103 cm³/mol. The lowest BCUT2D eigenvalue weighted by Gasteiger charge is -2.34. The van der Waals surface area contributed by atoms with E-state index in [0.717, 1.165) is 39.1 Å². The van der Waals surface area contributed by atoms with Crippen LogP contribution in [0.1, 0.15) is 20.3 Å². The maximum atomic E-state index is 11.9. The van der Waals surface area contributed by atoms with Crippen LogP contribution in [0.4, 0.5) is 0 Å². The largest absolute Gasteiger partial charge is 0.489 e. The Kier molecular flexibility index (Phi) is 8.30. The average molecular weight is 388 g/mol. The number of hydrogen-bond acceptors (Lipinski definition) is 4. The van der Waals surface area contributed by atoms with Gasteiger partial charge in [0.15, 0.2) is 5.75 Å². The normalized spacial score (nSPS) is 17.3. The number of piperazine rings is 1. The number of benzene rings is 1. The number of carbonyl (C=O) groups is 1. The van der Waals surface area contributed by atoms with Gasteiger partial charge in [-0.2, -0.15) is 0 Å². The van der Waals surface area contributed by atoms with Gasteiger partial charge in [-0.25, -0.2) is 0 Å². The molecule has 1 heterocycles. The van der Waals surface area contributed by atoms with Crippen LogP contribution in [0.5, 0.6) is 5.75 Å². The molecule has 7 heteroatoms. The number of ether oxygens (including phenoxy) is 1. The topological polar surface area (TPSA) is 44.8 Å². The van der Waals surface area contributed by atoms with Crippen LogP contribution < -0.4 is 10.1 Å². The number of nitrogens with one attached hydrogen (secondary N) is 1. The molecule has 1 unspecified atom stereocenters. The zero-order chi connectivity index (χ0) is 18.2. The summed E-state index contributed by atoms with van der Waals surface area (Å²) in [6, 6.07) is 5.58. The minimum absolute atomic E-state index is 0.111. The van der Waals surface area contributed by atoms with Crippen LogP contribution in [-0.2, 0) is 4.79 Å². The van der Waals surface area contributed by atoms with E-state index in [4.69, 9.17) is 27.9 Å². The highest BCUT2D eigenvalue weighted by Crippen LogP contribution is 2.32. The summed E-state index contributed by atoms with van der Waals surface area (Å²) < 4.78 is 5.73. The average Bonchev–Trinajstić information content (AvgIpc) is 2.58. The zero-order valence-corrected chi connectivity index (χ0v) is 16.4. The van der Waals surface area contributed by atoms with E-state index < -0.39 is 0 Å². The minimum Gasteiger partial charge on any atom is -0.489 e. The molecule has 1 N–H and O–H groups in total. The Labute approximate surface area is 160 Å². The smallest absolute Gasteiger partial charge is 0.234 e. The van der Waals surface area contributed by atoms with Gasteiger partial charge in [-0.05, 0) is 25.5 Å². The number of nitrogens with zero attached hydrogens (tertiary/aromatic N) is 2. The van der Waals surface area contributed by atoms with Gasteiger partial charge >= 0.3 is 0 Å². The molecule has 5 nitrogen and oxygen atoms in total. The van der Waals surface area contributed by atoms with Gasteiger partial charge in [0.25, 0.3) is 0 Å². The molecule has 25 heavy (non-hydrogen) atoms. The SMILES string of the molecule is CCC(C)NC(=O)CN1CCN(CCOc2c(Cl)cccc2Cl)CC1. The van der Waals surface area contributed by atoms with E-state index in [9.17, 15) is 4.79 Å². The molecule has 140 valence electrons. The fraction of sp³-hybridized carbons (Fsp3) is 0.611. The van der Waals surface area contributed by atoms with Crippen molar-refractivity contribution in [1.29, 1.82) is 0 Å². The maximum absolute atomic E-state index is 11.9. The standard InChI is InChI=1S/C18H27Cl2N3O2/c1-3-14(2)21-17(24)13-23-9-7-22(8-10-23)11-12-25-18-15(19)5-4-6-16(18)20/h4-6,14H,3,7-13H2,1-2H3,(H,21,24). The van der Waals surface area contributed by atoms with E-state index >= 15 is 0 Å². The fourth-order valence-corrected chi connectivity index (χ4v) is 3.20. The molecule has 0 spiro atoms. The molecule has 1 aromatic carbocycles. The first-order chi connectivity index (χ1) is 12.0. The van der Waals surface area contributed by atoms with E-state index in [2.05, 4.69) is 22.0 Å². The minimum atomic E-state index is 0.111. The van der Waals surface area contributed by atoms with Crippen LogP contribution in [0.2, 0.25) is 10.0 Å². The lowest BCUT2D eigenvalue weighted by Crippen LogP contribution is -2.50. The number of amides is 1. The molecular formula is C18H27Cl2N3O2. The van der Waals surface area contributed by atoms with Gasteiger partial charge in [0, 0.05) is 38.8 Å². The van der Waals surface area contributed by atoms with Crippen molar-refractivity contribution in [2.24, 2.45) is 0 Å². The van der Waals surface area contributed by atoms with Gasteiger partial charge < -0.3 is 10.1 Å². The molecule has 0 saturated carbocycles.